The predicted molar refractivity (Wildman–Crippen MR) is 85.2 cm³/mol. The van der Waals surface area contributed by atoms with Crippen LogP contribution in [0.25, 0.3) is 0 Å². The molecule has 0 aliphatic carbocycles. The van der Waals surface area contributed by atoms with E-state index in [9.17, 15) is 4.79 Å². The Bertz CT molecular complexity index is 581. The summed E-state index contributed by atoms with van der Waals surface area (Å²) >= 11 is 3.77. The van der Waals surface area contributed by atoms with Crippen LogP contribution in [0.5, 0.6) is 0 Å². The second-order valence-corrected chi connectivity index (χ2v) is 6.38. The largest absolute Gasteiger partial charge is 0.481 e. The highest BCUT2D eigenvalue weighted by Gasteiger charge is 2.09. The molecule has 0 fully saturated rings. The fourth-order valence-electron chi connectivity index (χ4n) is 1.59. The lowest BCUT2D eigenvalue weighted by atomic mass is 10.2. The van der Waals surface area contributed by atoms with E-state index in [1.54, 1.807) is 0 Å². The van der Waals surface area contributed by atoms with Crippen LogP contribution in [0.4, 0.5) is 10.8 Å². The zero-order valence-corrected chi connectivity index (χ0v) is 13.3. The standard InChI is InChI=1S/C13H13IN2O2S/c1-8-11(6-7-12(17)18)19-13(15-8)16-10-4-2-9(14)3-5-10/h2-5H,6-7H2,1H3,(H,15,16)(H,17,18). The maximum absolute atomic E-state index is 10.6. The lowest BCUT2D eigenvalue weighted by Gasteiger charge is -2.01. The van der Waals surface area contributed by atoms with E-state index in [-0.39, 0.29) is 6.42 Å². The van der Waals surface area contributed by atoms with Gasteiger partial charge in [0.1, 0.15) is 0 Å². The van der Waals surface area contributed by atoms with Gasteiger partial charge in [-0.3, -0.25) is 4.79 Å². The Morgan fingerprint density at radius 2 is 2.11 bits per heavy atom. The number of rotatable bonds is 5. The fourth-order valence-corrected chi connectivity index (χ4v) is 2.93. The molecule has 2 aromatic rings. The first kappa shape index (κ1) is 14.3. The molecule has 0 bridgehead atoms. The third kappa shape index (κ3) is 4.17. The molecule has 0 atom stereocenters. The van der Waals surface area contributed by atoms with Gasteiger partial charge in [-0.1, -0.05) is 0 Å². The van der Waals surface area contributed by atoms with Gasteiger partial charge in [0.25, 0.3) is 0 Å². The summed E-state index contributed by atoms with van der Waals surface area (Å²) in [4.78, 5) is 16.0. The molecule has 0 saturated carbocycles. The minimum Gasteiger partial charge on any atom is -0.481 e. The molecule has 0 spiro atoms. The highest BCUT2D eigenvalue weighted by molar-refractivity contribution is 14.1. The Balaban J connectivity index is 2.07. The average Bonchev–Trinajstić information content (AvgIpc) is 2.70. The van der Waals surface area contributed by atoms with Gasteiger partial charge in [0, 0.05) is 14.1 Å². The smallest absolute Gasteiger partial charge is 0.303 e. The van der Waals surface area contributed by atoms with Gasteiger partial charge < -0.3 is 10.4 Å². The molecule has 0 amide bonds. The first-order chi connectivity index (χ1) is 9.04. The number of aromatic nitrogens is 1. The van der Waals surface area contributed by atoms with Crippen molar-refractivity contribution >= 4 is 50.7 Å². The molecule has 1 aromatic heterocycles. The number of aryl methyl sites for hydroxylation is 2. The van der Waals surface area contributed by atoms with Crippen molar-refractivity contribution < 1.29 is 9.90 Å². The molecule has 1 heterocycles. The molecular formula is C13H13IN2O2S. The van der Waals surface area contributed by atoms with E-state index in [4.69, 9.17) is 5.11 Å². The van der Waals surface area contributed by atoms with Crippen molar-refractivity contribution in [3.8, 4) is 0 Å². The number of nitrogens with one attached hydrogen (secondary N) is 1. The van der Waals surface area contributed by atoms with Crippen molar-refractivity contribution in [2.24, 2.45) is 0 Å². The van der Waals surface area contributed by atoms with Crippen LogP contribution in [-0.2, 0) is 11.2 Å². The second-order valence-electron chi connectivity index (χ2n) is 4.05. The van der Waals surface area contributed by atoms with Crippen molar-refractivity contribution in [1.82, 2.24) is 4.98 Å². The summed E-state index contributed by atoms with van der Waals surface area (Å²) < 4.78 is 1.18. The van der Waals surface area contributed by atoms with Gasteiger partial charge in [0.15, 0.2) is 5.13 Å². The molecule has 1 aromatic carbocycles. The minimum absolute atomic E-state index is 0.145. The van der Waals surface area contributed by atoms with E-state index in [1.807, 2.05) is 31.2 Å². The van der Waals surface area contributed by atoms with Crippen molar-refractivity contribution in [1.29, 1.82) is 0 Å². The average molecular weight is 388 g/mol. The van der Waals surface area contributed by atoms with Crippen molar-refractivity contribution in [2.45, 2.75) is 19.8 Å². The zero-order valence-electron chi connectivity index (χ0n) is 10.3. The number of hydrogen-bond donors (Lipinski definition) is 2. The van der Waals surface area contributed by atoms with E-state index in [1.165, 1.54) is 14.9 Å². The van der Waals surface area contributed by atoms with Gasteiger partial charge in [-0.05, 0) is 60.2 Å². The lowest BCUT2D eigenvalue weighted by Crippen LogP contribution is -1.96. The van der Waals surface area contributed by atoms with E-state index in [0.29, 0.717) is 6.42 Å². The first-order valence-corrected chi connectivity index (χ1v) is 7.65. The third-order valence-corrected chi connectivity index (χ3v) is 4.41. The first-order valence-electron chi connectivity index (χ1n) is 5.75. The topological polar surface area (TPSA) is 62.2 Å². The highest BCUT2D eigenvalue weighted by atomic mass is 127. The molecule has 100 valence electrons. The van der Waals surface area contributed by atoms with E-state index in [2.05, 4.69) is 32.9 Å². The number of carboxylic acid groups (broad SMARTS) is 1. The number of thiazole rings is 1. The third-order valence-electron chi connectivity index (χ3n) is 2.55. The van der Waals surface area contributed by atoms with Crippen molar-refractivity contribution in [2.75, 3.05) is 5.32 Å². The number of carboxylic acids is 1. The normalized spacial score (nSPS) is 10.4. The number of nitrogens with zero attached hydrogens (tertiary/aromatic N) is 1. The highest BCUT2D eigenvalue weighted by Crippen LogP contribution is 2.27. The van der Waals surface area contributed by atoms with Crippen LogP contribution in [0, 0.1) is 10.5 Å². The van der Waals surface area contributed by atoms with Crippen LogP contribution in [-0.4, -0.2) is 16.1 Å². The number of halogens is 1. The van der Waals surface area contributed by atoms with E-state index < -0.39 is 5.97 Å². The number of anilines is 2. The Kier molecular flexibility index (Phi) is 4.76. The molecule has 0 unspecified atom stereocenters. The molecule has 0 aliphatic heterocycles. The summed E-state index contributed by atoms with van der Waals surface area (Å²) in [6.07, 6.45) is 0.680. The van der Waals surface area contributed by atoms with Gasteiger partial charge in [0.05, 0.1) is 12.1 Å². The van der Waals surface area contributed by atoms with Gasteiger partial charge in [-0.15, -0.1) is 11.3 Å². The number of aliphatic carboxylic acids is 1. The number of benzene rings is 1. The summed E-state index contributed by atoms with van der Waals surface area (Å²) in [5, 5.41) is 12.7. The monoisotopic (exact) mass is 388 g/mol. The van der Waals surface area contributed by atoms with Crippen LogP contribution in [0.3, 0.4) is 0 Å². The summed E-state index contributed by atoms with van der Waals surface area (Å²) in [5.74, 6) is -0.778. The summed E-state index contributed by atoms with van der Waals surface area (Å²) in [5.41, 5.74) is 1.89. The molecule has 0 saturated heterocycles. The number of carbonyl (C=O) groups is 1. The van der Waals surface area contributed by atoms with Gasteiger partial charge >= 0.3 is 5.97 Å². The fraction of sp³-hybridized carbons (Fsp3) is 0.231. The Morgan fingerprint density at radius 3 is 2.74 bits per heavy atom. The number of hydrogen-bond acceptors (Lipinski definition) is 4. The zero-order chi connectivity index (χ0) is 13.8. The van der Waals surface area contributed by atoms with Crippen LogP contribution in [0.2, 0.25) is 0 Å². The summed E-state index contributed by atoms with van der Waals surface area (Å²) in [7, 11) is 0. The quantitative estimate of drug-likeness (QED) is 0.765. The maximum atomic E-state index is 10.6. The van der Waals surface area contributed by atoms with Crippen molar-refractivity contribution in [3.63, 3.8) is 0 Å². The SMILES string of the molecule is Cc1nc(Nc2ccc(I)cc2)sc1CCC(=O)O. The summed E-state index contributed by atoms with van der Waals surface area (Å²) in [6.45, 7) is 1.91. The second kappa shape index (κ2) is 6.33. The molecular weight excluding hydrogens is 375 g/mol. The van der Waals surface area contributed by atoms with E-state index in [0.717, 1.165) is 21.4 Å². The minimum atomic E-state index is -0.778. The van der Waals surface area contributed by atoms with E-state index >= 15 is 0 Å². The molecule has 6 heteroatoms. The molecule has 0 radical (unpaired) electrons. The Labute approximate surface area is 129 Å². The van der Waals surface area contributed by atoms with Crippen LogP contribution >= 0.6 is 33.9 Å². The predicted octanol–water partition coefficient (Wildman–Crippen LogP) is 3.82. The van der Waals surface area contributed by atoms with Gasteiger partial charge in [-0.2, -0.15) is 0 Å². The van der Waals surface area contributed by atoms with Gasteiger partial charge in [0.2, 0.25) is 0 Å². The van der Waals surface area contributed by atoms with Crippen LogP contribution in [0.15, 0.2) is 24.3 Å². The molecule has 0 aliphatic rings. The maximum Gasteiger partial charge on any atom is 0.303 e. The van der Waals surface area contributed by atoms with Gasteiger partial charge in [-0.25, -0.2) is 4.98 Å². The molecule has 4 nitrogen and oxygen atoms in total. The Hall–Kier alpha value is -1.15. The lowest BCUT2D eigenvalue weighted by molar-refractivity contribution is -0.136. The van der Waals surface area contributed by atoms with Crippen molar-refractivity contribution in [3.05, 3.63) is 38.4 Å². The molecule has 2 rings (SSSR count). The van der Waals surface area contributed by atoms with Crippen LogP contribution in [0.1, 0.15) is 17.0 Å². The Morgan fingerprint density at radius 1 is 1.42 bits per heavy atom. The summed E-state index contributed by atoms with van der Waals surface area (Å²) in [6, 6.07) is 8.04. The van der Waals surface area contributed by atoms with Crippen LogP contribution < -0.4 is 5.32 Å². The molecule has 2 N–H and O–H groups in total. The molecule has 19 heavy (non-hydrogen) atoms.